The van der Waals surface area contributed by atoms with Gasteiger partial charge in [0.05, 0.1) is 25.5 Å². The lowest BCUT2D eigenvalue weighted by Crippen LogP contribution is -2.47. The van der Waals surface area contributed by atoms with Crippen LogP contribution in [0, 0.1) is 0 Å². The number of aromatic hydroxyl groups is 1. The van der Waals surface area contributed by atoms with Crippen LogP contribution in [-0.2, 0) is 14.8 Å². The van der Waals surface area contributed by atoms with E-state index in [0.29, 0.717) is 33.5 Å². The number of alkyl halides is 3. The number of ether oxygens (including phenoxy) is 3. The van der Waals surface area contributed by atoms with Crippen molar-refractivity contribution in [2.24, 2.45) is 0 Å². The number of benzene rings is 3. The molecule has 0 aliphatic carbocycles. The van der Waals surface area contributed by atoms with Gasteiger partial charge in [0, 0.05) is 6.54 Å². The summed E-state index contributed by atoms with van der Waals surface area (Å²) in [4.78, 5) is 2.46. The number of phenolic OH excluding ortho intramolecular Hbond substituents is 1. The van der Waals surface area contributed by atoms with Gasteiger partial charge in [0.15, 0.2) is 0 Å². The van der Waals surface area contributed by atoms with E-state index in [0.717, 1.165) is 37.2 Å². The molecule has 3 atom stereocenters. The lowest BCUT2D eigenvalue weighted by Gasteiger charge is -2.32. The summed E-state index contributed by atoms with van der Waals surface area (Å²) < 4.78 is 87.7. The first-order valence-corrected chi connectivity index (χ1v) is 17.4. The standard InChI is InChI=1S/C35H39F3N2O6S/c1-44-28-16-10-26(11-17-28)40(23-35(36,37)38)47(42,43)31-22-30-32(24-6-12-27(41)13-7-24)33(34(31)46-30)25-8-14-29(15-9-25)45-21-5-20-39-18-3-2-4-19-39/h6-17,30-31,34,41H,2-5,18-23H2,1H3/t30-,31+,34+/m0/s1. The van der Waals surface area contributed by atoms with Gasteiger partial charge >= 0.3 is 6.18 Å². The number of halogens is 3. The van der Waals surface area contributed by atoms with E-state index in [9.17, 15) is 26.7 Å². The number of piperidine rings is 1. The van der Waals surface area contributed by atoms with E-state index < -0.39 is 40.2 Å². The fourth-order valence-electron chi connectivity index (χ4n) is 6.80. The maximum Gasteiger partial charge on any atom is 0.407 e. The van der Waals surface area contributed by atoms with E-state index in [4.69, 9.17) is 14.2 Å². The Balaban J connectivity index is 1.28. The van der Waals surface area contributed by atoms with Crippen LogP contribution >= 0.6 is 0 Å². The fraction of sp³-hybridized carbons (Fsp3) is 0.429. The van der Waals surface area contributed by atoms with Crippen LogP contribution < -0.4 is 13.8 Å². The number of hydrogen-bond acceptors (Lipinski definition) is 7. The summed E-state index contributed by atoms with van der Waals surface area (Å²) >= 11 is 0. The molecule has 0 radical (unpaired) electrons. The van der Waals surface area contributed by atoms with Crippen molar-refractivity contribution < 1.29 is 40.9 Å². The topological polar surface area (TPSA) is 88.5 Å². The Bertz CT molecular complexity index is 1660. The lowest BCUT2D eigenvalue weighted by atomic mass is 9.83. The number of rotatable bonds is 12. The zero-order valence-electron chi connectivity index (χ0n) is 26.2. The minimum atomic E-state index is -4.79. The highest BCUT2D eigenvalue weighted by molar-refractivity contribution is 7.93. The van der Waals surface area contributed by atoms with E-state index in [1.54, 1.807) is 12.1 Å². The molecule has 3 heterocycles. The molecule has 0 aromatic heterocycles. The van der Waals surface area contributed by atoms with Crippen LogP contribution in [0.2, 0.25) is 0 Å². The normalized spacial score (nSPS) is 21.7. The van der Waals surface area contributed by atoms with Gasteiger partial charge in [0.1, 0.15) is 35.1 Å². The third-order valence-corrected chi connectivity index (χ3v) is 11.2. The van der Waals surface area contributed by atoms with Crippen molar-refractivity contribution >= 4 is 26.9 Å². The molecule has 0 saturated carbocycles. The summed E-state index contributed by atoms with van der Waals surface area (Å²) in [6.45, 7) is 2.12. The Labute approximate surface area is 273 Å². The predicted molar refractivity (Wildman–Crippen MR) is 174 cm³/mol. The highest BCUT2D eigenvalue weighted by Crippen LogP contribution is 2.51. The largest absolute Gasteiger partial charge is 0.508 e. The van der Waals surface area contributed by atoms with Crippen molar-refractivity contribution in [1.82, 2.24) is 4.90 Å². The van der Waals surface area contributed by atoms with Gasteiger partial charge in [-0.1, -0.05) is 30.7 Å². The molecule has 12 heteroatoms. The molecule has 252 valence electrons. The second-order valence-electron chi connectivity index (χ2n) is 12.2. The molecule has 2 saturated heterocycles. The Hall–Kier alpha value is -3.74. The van der Waals surface area contributed by atoms with Crippen LogP contribution in [0.25, 0.3) is 11.1 Å². The van der Waals surface area contributed by atoms with Gasteiger partial charge in [-0.3, -0.25) is 4.31 Å². The van der Waals surface area contributed by atoms with Gasteiger partial charge in [-0.15, -0.1) is 0 Å². The molecule has 3 aliphatic rings. The maximum atomic E-state index is 14.2. The van der Waals surface area contributed by atoms with Crippen molar-refractivity contribution in [3.63, 3.8) is 0 Å². The summed E-state index contributed by atoms with van der Waals surface area (Å²) in [7, 11) is -3.16. The van der Waals surface area contributed by atoms with E-state index in [1.165, 1.54) is 62.8 Å². The number of sulfonamides is 1. The number of phenols is 1. The van der Waals surface area contributed by atoms with Gasteiger partial charge in [-0.25, -0.2) is 8.42 Å². The third kappa shape index (κ3) is 7.39. The van der Waals surface area contributed by atoms with Crippen molar-refractivity contribution in [3.05, 3.63) is 83.9 Å². The molecule has 6 rings (SSSR count). The van der Waals surface area contributed by atoms with Crippen LogP contribution in [0.4, 0.5) is 18.9 Å². The smallest absolute Gasteiger partial charge is 0.407 e. The highest BCUT2D eigenvalue weighted by Gasteiger charge is 2.55. The van der Waals surface area contributed by atoms with E-state index >= 15 is 0 Å². The average Bonchev–Trinajstić information content (AvgIpc) is 3.67. The monoisotopic (exact) mass is 672 g/mol. The zero-order valence-corrected chi connectivity index (χ0v) is 27.0. The van der Waals surface area contributed by atoms with Crippen molar-refractivity contribution in [3.8, 4) is 17.2 Å². The molecular weight excluding hydrogens is 633 g/mol. The summed E-state index contributed by atoms with van der Waals surface area (Å²) in [5.74, 6) is 1.13. The average molecular weight is 673 g/mol. The second-order valence-corrected chi connectivity index (χ2v) is 14.3. The molecule has 3 aliphatic heterocycles. The van der Waals surface area contributed by atoms with Gasteiger partial charge in [0.25, 0.3) is 0 Å². The quantitative estimate of drug-likeness (QED) is 0.220. The number of fused-ring (bicyclic) bond motifs is 2. The van der Waals surface area contributed by atoms with Crippen LogP contribution in [-0.4, -0.2) is 82.0 Å². The Kier molecular flexibility index (Phi) is 9.72. The first kappa shape index (κ1) is 33.2. The van der Waals surface area contributed by atoms with Gasteiger partial charge < -0.3 is 24.2 Å². The number of nitrogens with zero attached hydrogens (tertiary/aromatic N) is 2. The van der Waals surface area contributed by atoms with Gasteiger partial charge in [-0.05, 0) is 110 Å². The van der Waals surface area contributed by atoms with E-state index in [2.05, 4.69) is 4.90 Å². The number of likely N-dealkylation sites (tertiary alicyclic amines) is 1. The minimum absolute atomic E-state index is 0.0184. The predicted octanol–water partition coefficient (Wildman–Crippen LogP) is 6.50. The van der Waals surface area contributed by atoms with Gasteiger partial charge in [-0.2, -0.15) is 13.2 Å². The summed E-state index contributed by atoms with van der Waals surface area (Å²) in [6.07, 6.45) is -1.83. The van der Waals surface area contributed by atoms with Crippen LogP contribution in [0.3, 0.4) is 0 Å². The third-order valence-electron chi connectivity index (χ3n) is 9.04. The molecule has 8 nitrogen and oxygen atoms in total. The van der Waals surface area contributed by atoms with Crippen molar-refractivity contribution in [1.29, 1.82) is 0 Å². The Morgan fingerprint density at radius 2 is 1.51 bits per heavy atom. The summed E-state index contributed by atoms with van der Waals surface area (Å²) in [5, 5.41) is 8.64. The summed E-state index contributed by atoms with van der Waals surface area (Å²) in [6, 6.07) is 19.3. The highest BCUT2D eigenvalue weighted by atomic mass is 32.2. The van der Waals surface area contributed by atoms with Crippen LogP contribution in [0.15, 0.2) is 72.8 Å². The number of methoxy groups -OCH3 is 1. The molecule has 0 unspecified atom stereocenters. The Morgan fingerprint density at radius 1 is 0.894 bits per heavy atom. The molecule has 3 aromatic carbocycles. The molecule has 0 amide bonds. The van der Waals surface area contributed by atoms with Gasteiger partial charge in [0.2, 0.25) is 10.0 Å². The Morgan fingerprint density at radius 3 is 2.15 bits per heavy atom. The number of hydrogen-bond donors (Lipinski definition) is 1. The first-order valence-electron chi connectivity index (χ1n) is 15.9. The van der Waals surface area contributed by atoms with E-state index in [1.807, 2.05) is 24.3 Å². The molecule has 1 N–H and O–H groups in total. The van der Waals surface area contributed by atoms with Crippen molar-refractivity contribution in [2.45, 2.75) is 55.7 Å². The molecule has 2 bridgehead atoms. The maximum absolute atomic E-state index is 14.2. The lowest BCUT2D eigenvalue weighted by molar-refractivity contribution is -0.117. The van der Waals surface area contributed by atoms with Crippen LogP contribution in [0.1, 0.15) is 43.2 Å². The molecule has 2 fully saturated rings. The first-order chi connectivity index (χ1) is 22.5. The second kappa shape index (κ2) is 13.8. The molecule has 47 heavy (non-hydrogen) atoms. The SMILES string of the molecule is COc1ccc(N(CC(F)(F)F)S(=O)(=O)[C@@H]2C[C@@H]3O[C@H]2C(c2ccc(OCCCN4CCCCC4)cc2)=C3c2ccc(O)cc2)cc1. The molecule has 0 spiro atoms. The summed E-state index contributed by atoms with van der Waals surface area (Å²) in [5.41, 5.74) is 2.66. The molecule has 3 aromatic rings. The number of anilines is 1. The fourth-order valence-corrected chi connectivity index (χ4v) is 8.80. The van der Waals surface area contributed by atoms with E-state index in [-0.39, 0.29) is 17.9 Å². The zero-order chi connectivity index (χ0) is 33.2. The minimum Gasteiger partial charge on any atom is -0.508 e. The van der Waals surface area contributed by atoms with Crippen molar-refractivity contribution in [2.75, 3.05) is 44.2 Å². The molecular formula is C35H39F3N2O6S. The van der Waals surface area contributed by atoms with Crippen LogP contribution in [0.5, 0.6) is 17.2 Å².